The normalized spacial score (nSPS) is 17.0. The second-order valence-corrected chi connectivity index (χ2v) is 6.34. The van der Waals surface area contributed by atoms with Crippen molar-refractivity contribution in [3.63, 3.8) is 0 Å². The van der Waals surface area contributed by atoms with E-state index >= 15 is 0 Å². The summed E-state index contributed by atoms with van der Waals surface area (Å²) in [7, 11) is 1.81. The van der Waals surface area contributed by atoms with Gasteiger partial charge in [0.2, 0.25) is 5.91 Å². The molecular weight excluding hydrogens is 318 g/mol. The summed E-state index contributed by atoms with van der Waals surface area (Å²) in [5, 5.41) is 9.66. The molecule has 0 unspecified atom stereocenters. The molecule has 1 aromatic carbocycles. The smallest absolute Gasteiger partial charge is 0.315 e. The van der Waals surface area contributed by atoms with E-state index in [1.54, 1.807) is 22.0 Å². The van der Waals surface area contributed by atoms with Crippen LogP contribution in [0.3, 0.4) is 0 Å². The van der Waals surface area contributed by atoms with Crippen LogP contribution in [0.5, 0.6) is 0 Å². The van der Waals surface area contributed by atoms with Crippen molar-refractivity contribution in [3.8, 4) is 0 Å². The number of nitrogens with one attached hydrogen (secondary N) is 2. The van der Waals surface area contributed by atoms with Crippen LogP contribution in [0.4, 0.5) is 10.5 Å². The summed E-state index contributed by atoms with van der Waals surface area (Å²) in [6, 6.07) is 7.40. The molecule has 25 heavy (non-hydrogen) atoms. The van der Waals surface area contributed by atoms with Crippen LogP contribution < -0.4 is 15.5 Å². The lowest BCUT2D eigenvalue weighted by molar-refractivity contribution is -0.118. The highest BCUT2D eigenvalue weighted by Crippen LogP contribution is 2.20. The second kappa shape index (κ2) is 7.38. The molecule has 0 aliphatic carbocycles. The lowest BCUT2D eigenvalue weighted by atomic mass is 10.1. The molecule has 132 valence electrons. The minimum absolute atomic E-state index is 0.0955. The lowest BCUT2D eigenvalue weighted by Crippen LogP contribution is -2.46. The predicted molar refractivity (Wildman–Crippen MR) is 95.4 cm³/mol. The third-order valence-corrected chi connectivity index (χ3v) is 4.30. The maximum Gasteiger partial charge on any atom is 0.315 e. The Morgan fingerprint density at radius 2 is 2.24 bits per heavy atom. The number of aromatic nitrogens is 2. The number of nitrogens with zero attached hydrogens (tertiary/aromatic N) is 3. The first kappa shape index (κ1) is 17.0. The van der Waals surface area contributed by atoms with Gasteiger partial charge in [-0.3, -0.25) is 9.48 Å². The summed E-state index contributed by atoms with van der Waals surface area (Å²) in [4.78, 5) is 26.1. The third-order valence-electron chi connectivity index (χ3n) is 4.30. The van der Waals surface area contributed by atoms with Gasteiger partial charge in [0.1, 0.15) is 6.04 Å². The fourth-order valence-corrected chi connectivity index (χ4v) is 3.02. The topological polar surface area (TPSA) is 79.3 Å². The van der Waals surface area contributed by atoms with Gasteiger partial charge in [0.15, 0.2) is 0 Å². The van der Waals surface area contributed by atoms with Gasteiger partial charge in [-0.1, -0.05) is 29.8 Å². The van der Waals surface area contributed by atoms with Crippen molar-refractivity contribution < 1.29 is 9.59 Å². The van der Waals surface area contributed by atoms with Crippen LogP contribution in [0.2, 0.25) is 0 Å². The van der Waals surface area contributed by atoms with Gasteiger partial charge in [-0.25, -0.2) is 4.79 Å². The summed E-state index contributed by atoms with van der Waals surface area (Å²) in [5.41, 5.74) is 3.14. The number of anilines is 1. The predicted octanol–water partition coefficient (Wildman–Crippen LogP) is 1.38. The van der Waals surface area contributed by atoms with Crippen molar-refractivity contribution in [1.82, 2.24) is 20.4 Å². The zero-order valence-corrected chi connectivity index (χ0v) is 14.5. The molecule has 3 rings (SSSR count). The Morgan fingerprint density at radius 1 is 1.40 bits per heavy atom. The van der Waals surface area contributed by atoms with Crippen molar-refractivity contribution in [2.45, 2.75) is 25.8 Å². The first-order chi connectivity index (χ1) is 12.0. The molecular formula is C18H23N5O2. The largest absolute Gasteiger partial charge is 0.338 e. The Kier molecular flexibility index (Phi) is 5.02. The Morgan fingerprint density at radius 3 is 2.96 bits per heavy atom. The minimum atomic E-state index is -0.487. The summed E-state index contributed by atoms with van der Waals surface area (Å²) >= 11 is 0. The fourth-order valence-electron chi connectivity index (χ4n) is 3.02. The molecule has 0 bridgehead atoms. The molecule has 3 amide bonds. The number of benzene rings is 1. The van der Waals surface area contributed by atoms with Gasteiger partial charge < -0.3 is 15.5 Å². The quantitative estimate of drug-likeness (QED) is 0.862. The van der Waals surface area contributed by atoms with Crippen molar-refractivity contribution in [2.75, 3.05) is 18.0 Å². The van der Waals surface area contributed by atoms with Gasteiger partial charge in [0.25, 0.3) is 0 Å². The van der Waals surface area contributed by atoms with Crippen molar-refractivity contribution >= 4 is 17.6 Å². The van der Waals surface area contributed by atoms with Crippen LogP contribution >= 0.6 is 0 Å². The molecule has 2 N–H and O–H groups in total. The summed E-state index contributed by atoms with van der Waals surface area (Å²) in [5.74, 6) is -0.0955. The molecule has 1 aliphatic heterocycles. The van der Waals surface area contributed by atoms with Gasteiger partial charge >= 0.3 is 6.03 Å². The summed E-state index contributed by atoms with van der Waals surface area (Å²) in [6.07, 6.45) is 4.80. The molecule has 7 nitrogen and oxygen atoms in total. The Labute approximate surface area is 147 Å². The molecule has 1 fully saturated rings. The highest BCUT2D eigenvalue weighted by atomic mass is 16.2. The van der Waals surface area contributed by atoms with Gasteiger partial charge in [0, 0.05) is 26.3 Å². The zero-order chi connectivity index (χ0) is 17.8. The van der Waals surface area contributed by atoms with E-state index in [9.17, 15) is 9.59 Å². The number of rotatable bonds is 5. The number of aryl methyl sites for hydroxylation is 2. The molecule has 1 saturated heterocycles. The Balaban J connectivity index is 1.46. The van der Waals surface area contributed by atoms with E-state index in [2.05, 4.69) is 21.8 Å². The second-order valence-electron chi connectivity index (χ2n) is 6.34. The Bertz CT molecular complexity index is 770. The molecule has 1 aliphatic rings. The van der Waals surface area contributed by atoms with Crippen LogP contribution in [0.15, 0.2) is 36.7 Å². The fraction of sp³-hybridized carbons (Fsp3) is 0.389. The van der Waals surface area contributed by atoms with E-state index in [4.69, 9.17) is 0 Å². The molecule has 2 aromatic rings. The van der Waals surface area contributed by atoms with Crippen LogP contribution in [0, 0.1) is 6.92 Å². The highest BCUT2D eigenvalue weighted by Gasteiger charge is 2.34. The standard InChI is InChI=1S/C18H23N5O2/c1-13-4-3-5-14(10-13)6-8-19-18(25)21-16-7-9-23(17(16)24)15-11-20-22(2)12-15/h3-5,10-12,16H,6-9H2,1-2H3,(H2,19,21,25)/t16-/m0/s1. The number of hydrogen-bond donors (Lipinski definition) is 2. The van der Waals surface area contributed by atoms with Crippen LogP contribution in [-0.2, 0) is 18.3 Å². The third kappa shape index (κ3) is 4.17. The SMILES string of the molecule is Cc1cccc(CCNC(=O)N[C@H]2CCN(c3cnn(C)c3)C2=O)c1. The van der Waals surface area contributed by atoms with E-state index < -0.39 is 6.04 Å². The number of carbonyl (C=O) groups excluding carboxylic acids is 2. The van der Waals surface area contributed by atoms with Crippen molar-refractivity contribution in [3.05, 3.63) is 47.8 Å². The van der Waals surface area contributed by atoms with Crippen LogP contribution in [-0.4, -0.2) is 40.9 Å². The van der Waals surface area contributed by atoms with Crippen molar-refractivity contribution in [1.29, 1.82) is 0 Å². The summed E-state index contributed by atoms with van der Waals surface area (Å²) < 4.78 is 1.65. The molecule has 1 atom stereocenters. The molecule has 2 heterocycles. The van der Waals surface area contributed by atoms with E-state index in [1.807, 2.05) is 32.2 Å². The first-order valence-corrected chi connectivity index (χ1v) is 8.43. The average molecular weight is 341 g/mol. The van der Waals surface area contributed by atoms with Gasteiger partial charge in [0.05, 0.1) is 11.9 Å². The van der Waals surface area contributed by atoms with Crippen LogP contribution in [0.25, 0.3) is 0 Å². The molecule has 7 heteroatoms. The number of amides is 3. The Hall–Kier alpha value is -2.83. The minimum Gasteiger partial charge on any atom is -0.338 e. The molecule has 0 saturated carbocycles. The van der Waals surface area contributed by atoms with Crippen molar-refractivity contribution in [2.24, 2.45) is 7.05 Å². The average Bonchev–Trinajstić information content (AvgIpc) is 3.14. The summed E-state index contributed by atoms with van der Waals surface area (Å²) in [6.45, 7) is 3.16. The molecule has 1 aromatic heterocycles. The number of urea groups is 1. The zero-order valence-electron chi connectivity index (χ0n) is 14.5. The lowest BCUT2D eigenvalue weighted by Gasteiger charge is -2.15. The van der Waals surface area contributed by atoms with E-state index in [1.165, 1.54) is 11.1 Å². The number of hydrogen-bond acceptors (Lipinski definition) is 3. The van der Waals surface area contributed by atoms with E-state index in [-0.39, 0.29) is 11.9 Å². The van der Waals surface area contributed by atoms with Gasteiger partial charge in [-0.15, -0.1) is 0 Å². The van der Waals surface area contributed by atoms with E-state index in [0.29, 0.717) is 19.5 Å². The number of carbonyl (C=O) groups is 2. The van der Waals surface area contributed by atoms with E-state index in [0.717, 1.165) is 12.1 Å². The van der Waals surface area contributed by atoms with Gasteiger partial charge in [-0.05, 0) is 25.3 Å². The maximum absolute atomic E-state index is 12.4. The van der Waals surface area contributed by atoms with Crippen LogP contribution in [0.1, 0.15) is 17.5 Å². The first-order valence-electron chi connectivity index (χ1n) is 8.43. The monoisotopic (exact) mass is 341 g/mol. The van der Waals surface area contributed by atoms with Gasteiger partial charge in [-0.2, -0.15) is 5.10 Å². The molecule has 0 radical (unpaired) electrons. The maximum atomic E-state index is 12.4. The highest BCUT2D eigenvalue weighted by molar-refractivity contribution is 6.01. The molecule has 0 spiro atoms.